The molecule has 9 nitrogen and oxygen atoms in total. The minimum Gasteiger partial charge on any atom is -0.496 e. The fourth-order valence-corrected chi connectivity index (χ4v) is 6.59. The van der Waals surface area contributed by atoms with Crippen molar-refractivity contribution in [2.45, 2.75) is 30.7 Å². The van der Waals surface area contributed by atoms with Crippen LogP contribution in [0.1, 0.15) is 28.4 Å². The third-order valence-electron chi connectivity index (χ3n) is 8.39. The average Bonchev–Trinajstić information content (AvgIpc) is 3.53. The highest BCUT2D eigenvalue weighted by atomic mass is 19.4. The summed E-state index contributed by atoms with van der Waals surface area (Å²) in [5, 5.41) is 13.7. The number of fused-ring (bicyclic) bond motifs is 1. The summed E-state index contributed by atoms with van der Waals surface area (Å²) in [6.07, 6.45) is -4.74. The molecule has 43 heavy (non-hydrogen) atoms. The fraction of sp³-hybridized carbons (Fsp3) is 0.387. The van der Waals surface area contributed by atoms with Crippen LogP contribution in [0.25, 0.3) is 5.69 Å². The SMILES string of the molecule is COc1ccc(-n2nnnc2C(F)(F)F)c(OC)c1CN1C[C@@H]2CNCCN2[C@H](C(c2ccccc2)c2ccccc2)C1. The summed E-state index contributed by atoms with van der Waals surface area (Å²) in [5.74, 6) is -0.347. The van der Waals surface area contributed by atoms with Gasteiger partial charge in [0.25, 0.3) is 5.82 Å². The Hall–Kier alpha value is -4.00. The summed E-state index contributed by atoms with van der Waals surface area (Å²) in [6, 6.07) is 24.7. The van der Waals surface area contributed by atoms with Crippen LogP contribution >= 0.6 is 0 Å². The van der Waals surface area contributed by atoms with Gasteiger partial charge in [0, 0.05) is 57.3 Å². The van der Waals surface area contributed by atoms with E-state index in [9.17, 15) is 13.2 Å². The lowest BCUT2D eigenvalue weighted by molar-refractivity contribution is -0.146. The Morgan fingerprint density at radius 3 is 2.26 bits per heavy atom. The quantitative estimate of drug-likeness (QED) is 0.329. The van der Waals surface area contributed by atoms with E-state index in [4.69, 9.17) is 9.47 Å². The Balaban J connectivity index is 1.40. The second-order valence-electron chi connectivity index (χ2n) is 10.9. The van der Waals surface area contributed by atoms with Gasteiger partial charge in [-0.25, -0.2) is 0 Å². The van der Waals surface area contributed by atoms with Crippen molar-refractivity contribution in [3.63, 3.8) is 0 Å². The number of benzene rings is 3. The van der Waals surface area contributed by atoms with Gasteiger partial charge >= 0.3 is 6.18 Å². The third-order valence-corrected chi connectivity index (χ3v) is 8.39. The van der Waals surface area contributed by atoms with E-state index >= 15 is 0 Å². The standard InChI is InChI=1S/C31H34F3N7O2/c1-42-27-14-13-25(41-30(31(32,33)34)36-37-38-41)29(43-2)24(27)19-39-18-23-17-35-15-16-40(23)26(20-39)28(21-9-5-3-6-10-21)22-11-7-4-8-12-22/h3-14,23,26,28,35H,15-20H2,1-2H3/t23-,26-/m0/s1. The zero-order valence-electron chi connectivity index (χ0n) is 24.0. The van der Waals surface area contributed by atoms with Crippen molar-refractivity contribution in [2.24, 2.45) is 0 Å². The van der Waals surface area contributed by atoms with Crippen LogP contribution in [0, 0.1) is 0 Å². The summed E-state index contributed by atoms with van der Waals surface area (Å²) in [6.45, 7) is 4.61. The van der Waals surface area contributed by atoms with Crippen LogP contribution in [0.15, 0.2) is 72.8 Å². The number of methoxy groups -OCH3 is 2. The Bertz CT molecular complexity index is 1480. The molecule has 3 aromatic carbocycles. The highest BCUT2D eigenvalue weighted by Crippen LogP contribution is 2.40. The summed E-state index contributed by atoms with van der Waals surface area (Å²) in [4.78, 5) is 4.98. The Morgan fingerprint density at radius 1 is 0.930 bits per heavy atom. The smallest absolute Gasteiger partial charge is 0.453 e. The van der Waals surface area contributed by atoms with E-state index in [1.54, 1.807) is 13.2 Å². The number of nitrogens with one attached hydrogen (secondary N) is 1. The molecule has 0 saturated carbocycles. The second-order valence-corrected chi connectivity index (χ2v) is 10.9. The van der Waals surface area contributed by atoms with Crippen LogP contribution in [-0.4, -0.2) is 89.0 Å². The number of hydrogen-bond acceptors (Lipinski definition) is 8. The maximum Gasteiger partial charge on any atom is 0.453 e. The molecule has 2 aliphatic rings. The highest BCUT2D eigenvalue weighted by molar-refractivity contribution is 5.58. The van der Waals surface area contributed by atoms with Crippen LogP contribution in [0.5, 0.6) is 11.5 Å². The highest BCUT2D eigenvalue weighted by Gasteiger charge is 2.42. The maximum atomic E-state index is 13.7. The van der Waals surface area contributed by atoms with E-state index in [2.05, 4.69) is 79.2 Å². The number of tetrazole rings is 1. The molecule has 1 N–H and O–H groups in total. The van der Waals surface area contributed by atoms with Crippen LogP contribution in [0.3, 0.4) is 0 Å². The topological polar surface area (TPSA) is 80.6 Å². The van der Waals surface area contributed by atoms with Crippen LogP contribution in [-0.2, 0) is 12.7 Å². The number of nitrogens with zero attached hydrogens (tertiary/aromatic N) is 6. The van der Waals surface area contributed by atoms with Crippen LogP contribution < -0.4 is 14.8 Å². The Kier molecular flexibility index (Phi) is 8.33. The number of alkyl halides is 3. The summed E-state index contributed by atoms with van der Waals surface area (Å²) in [5.41, 5.74) is 3.22. The molecule has 1 aromatic heterocycles. The lowest BCUT2D eigenvalue weighted by Crippen LogP contribution is -2.66. The summed E-state index contributed by atoms with van der Waals surface area (Å²) >= 11 is 0. The van der Waals surface area contributed by atoms with E-state index in [0.717, 1.165) is 32.7 Å². The van der Waals surface area contributed by atoms with E-state index < -0.39 is 12.0 Å². The van der Waals surface area contributed by atoms with Crippen LogP contribution in [0.4, 0.5) is 13.2 Å². The van der Waals surface area contributed by atoms with Gasteiger partial charge in [-0.3, -0.25) is 9.80 Å². The van der Waals surface area contributed by atoms with E-state index in [1.165, 1.54) is 24.3 Å². The third kappa shape index (κ3) is 5.82. The molecule has 3 heterocycles. The summed E-state index contributed by atoms with van der Waals surface area (Å²) < 4.78 is 53.3. The van der Waals surface area contributed by atoms with Gasteiger partial charge in [0.1, 0.15) is 11.4 Å². The second kappa shape index (κ2) is 12.3. The number of ether oxygens (including phenoxy) is 2. The first-order valence-electron chi connectivity index (χ1n) is 14.3. The molecule has 0 aliphatic carbocycles. The molecule has 4 aromatic rings. The minimum absolute atomic E-state index is 0.0941. The molecular formula is C31H34F3N7O2. The first-order chi connectivity index (χ1) is 20.9. The van der Waals surface area contributed by atoms with Gasteiger partial charge in [-0.2, -0.15) is 17.9 Å². The molecule has 12 heteroatoms. The van der Waals surface area contributed by atoms with Crippen molar-refractivity contribution in [3.8, 4) is 17.2 Å². The molecule has 6 rings (SSSR count). The maximum absolute atomic E-state index is 13.7. The molecule has 2 saturated heterocycles. The molecule has 0 amide bonds. The summed E-state index contributed by atoms with van der Waals surface area (Å²) in [7, 11) is 2.98. The molecule has 0 bridgehead atoms. The average molecular weight is 594 g/mol. The van der Waals surface area contributed by atoms with Gasteiger partial charge in [0.2, 0.25) is 0 Å². The van der Waals surface area contributed by atoms with Gasteiger partial charge in [-0.15, -0.1) is 5.10 Å². The number of rotatable bonds is 8. The van der Waals surface area contributed by atoms with Gasteiger partial charge in [-0.1, -0.05) is 60.7 Å². The number of piperazine rings is 2. The lowest BCUT2D eigenvalue weighted by atomic mass is 9.81. The molecule has 2 fully saturated rings. The van der Waals surface area contributed by atoms with Crippen molar-refractivity contribution in [1.29, 1.82) is 0 Å². The lowest BCUT2D eigenvalue weighted by Gasteiger charge is -2.52. The Morgan fingerprint density at radius 2 is 1.63 bits per heavy atom. The monoisotopic (exact) mass is 593 g/mol. The Labute approximate surface area is 248 Å². The zero-order valence-corrected chi connectivity index (χ0v) is 24.0. The van der Waals surface area contributed by atoms with Gasteiger partial charge in [0.05, 0.1) is 19.8 Å². The fourth-order valence-electron chi connectivity index (χ4n) is 6.59. The number of aromatic nitrogens is 4. The molecule has 2 atom stereocenters. The van der Waals surface area contributed by atoms with Crippen molar-refractivity contribution in [3.05, 3.63) is 95.3 Å². The van der Waals surface area contributed by atoms with Gasteiger partial charge in [-0.05, 0) is 33.7 Å². The van der Waals surface area contributed by atoms with Gasteiger partial charge in [0.15, 0.2) is 5.75 Å². The normalized spacial score (nSPS) is 19.8. The zero-order chi connectivity index (χ0) is 30.0. The number of hydrogen-bond donors (Lipinski definition) is 1. The molecule has 0 unspecified atom stereocenters. The molecule has 0 spiro atoms. The first kappa shape index (κ1) is 29.1. The largest absolute Gasteiger partial charge is 0.496 e. The molecule has 0 radical (unpaired) electrons. The van der Waals surface area contributed by atoms with E-state index in [0.29, 0.717) is 22.5 Å². The van der Waals surface area contributed by atoms with Crippen molar-refractivity contribution in [1.82, 2.24) is 35.3 Å². The molecular weight excluding hydrogens is 559 g/mol. The predicted molar refractivity (Wildman–Crippen MR) is 154 cm³/mol. The van der Waals surface area contributed by atoms with Crippen LogP contribution in [0.2, 0.25) is 0 Å². The predicted octanol–water partition coefficient (Wildman–Crippen LogP) is 3.99. The minimum atomic E-state index is -4.74. The first-order valence-corrected chi connectivity index (χ1v) is 14.3. The van der Waals surface area contributed by atoms with Crippen molar-refractivity contribution < 1.29 is 22.6 Å². The molecule has 226 valence electrons. The van der Waals surface area contributed by atoms with Gasteiger partial charge < -0.3 is 14.8 Å². The van der Waals surface area contributed by atoms with E-state index in [1.807, 2.05) is 12.1 Å². The van der Waals surface area contributed by atoms with Crippen molar-refractivity contribution in [2.75, 3.05) is 46.9 Å². The number of halogens is 3. The molecule has 2 aliphatic heterocycles. The van der Waals surface area contributed by atoms with Crippen molar-refractivity contribution >= 4 is 0 Å². The van der Waals surface area contributed by atoms with E-state index in [-0.39, 0.29) is 29.4 Å².